The van der Waals surface area contributed by atoms with Crippen LogP contribution in [0.5, 0.6) is 0 Å². The minimum atomic E-state index is 0.392. The van der Waals surface area contributed by atoms with Gasteiger partial charge in [-0.2, -0.15) is 5.10 Å². The fourth-order valence-electron chi connectivity index (χ4n) is 4.15. The van der Waals surface area contributed by atoms with Crippen molar-refractivity contribution in [3.63, 3.8) is 0 Å². The molecular weight excluding hydrogens is 380 g/mol. The lowest BCUT2D eigenvalue weighted by Gasteiger charge is -2.33. The average Bonchev–Trinajstić information content (AvgIpc) is 3.40. The smallest absolute Gasteiger partial charge is 0.206 e. The summed E-state index contributed by atoms with van der Waals surface area (Å²) >= 11 is 1.60. The Morgan fingerprint density at radius 2 is 2.03 bits per heavy atom. The van der Waals surface area contributed by atoms with Crippen molar-refractivity contribution in [2.75, 3.05) is 18.4 Å². The Hall–Kier alpha value is -2.77. The average molecular weight is 405 g/mol. The molecule has 1 saturated heterocycles. The van der Waals surface area contributed by atoms with Crippen molar-refractivity contribution in [2.24, 2.45) is 0 Å². The number of aromatic amines is 1. The van der Waals surface area contributed by atoms with Gasteiger partial charge in [-0.05, 0) is 50.1 Å². The maximum absolute atomic E-state index is 4.40. The van der Waals surface area contributed by atoms with Crippen LogP contribution < -0.4 is 10.6 Å². The highest BCUT2D eigenvalue weighted by atomic mass is 32.1. The molecule has 6 nitrogen and oxygen atoms in total. The zero-order valence-corrected chi connectivity index (χ0v) is 17.2. The van der Waals surface area contributed by atoms with Crippen LogP contribution in [0.15, 0.2) is 48.5 Å². The SMILES string of the molecule is Cc1n[nH]c2ccc(-c3nnc(NCC4NCCCC4c4ccccc4)s3)cc12. The summed E-state index contributed by atoms with van der Waals surface area (Å²) in [4.78, 5) is 0. The molecule has 0 bridgehead atoms. The Bertz CT molecular complexity index is 1100. The summed E-state index contributed by atoms with van der Waals surface area (Å²) < 4.78 is 0. The van der Waals surface area contributed by atoms with Crippen molar-refractivity contribution in [2.45, 2.75) is 31.7 Å². The van der Waals surface area contributed by atoms with Crippen molar-refractivity contribution >= 4 is 27.4 Å². The Morgan fingerprint density at radius 1 is 1.14 bits per heavy atom. The highest BCUT2D eigenvalue weighted by Crippen LogP contribution is 2.31. The quantitative estimate of drug-likeness (QED) is 0.461. The van der Waals surface area contributed by atoms with E-state index in [4.69, 9.17) is 0 Å². The van der Waals surface area contributed by atoms with E-state index in [9.17, 15) is 0 Å². The van der Waals surface area contributed by atoms with E-state index in [2.05, 4.69) is 79.6 Å². The number of aryl methyl sites for hydroxylation is 1. The standard InChI is InChI=1S/C22H24N6S/c1-14-18-12-16(9-10-19(18)26-25-14)21-27-28-22(29-21)24-13-20-17(8-5-11-23-20)15-6-3-2-4-7-15/h2-4,6-7,9-10,12,17,20,23H,5,8,11,13H2,1H3,(H,24,28)(H,25,26). The first kappa shape index (κ1) is 18.3. The van der Waals surface area contributed by atoms with E-state index >= 15 is 0 Å². The van der Waals surface area contributed by atoms with E-state index in [0.717, 1.165) is 45.4 Å². The predicted octanol–water partition coefficient (Wildman–Crippen LogP) is 4.34. The fraction of sp³-hybridized carbons (Fsp3) is 0.318. The lowest BCUT2D eigenvalue weighted by atomic mass is 9.85. The molecule has 148 valence electrons. The Kier molecular flexibility index (Phi) is 4.99. The van der Waals surface area contributed by atoms with Crippen LogP contribution in [0.2, 0.25) is 0 Å². The molecule has 29 heavy (non-hydrogen) atoms. The number of benzene rings is 2. The van der Waals surface area contributed by atoms with Crippen LogP contribution in [0.3, 0.4) is 0 Å². The molecule has 0 aliphatic carbocycles. The van der Waals surface area contributed by atoms with E-state index < -0.39 is 0 Å². The molecule has 0 saturated carbocycles. The minimum Gasteiger partial charge on any atom is -0.358 e. The summed E-state index contributed by atoms with van der Waals surface area (Å²) in [5, 5.41) is 26.2. The molecule has 4 aromatic rings. The van der Waals surface area contributed by atoms with E-state index in [1.54, 1.807) is 11.3 Å². The van der Waals surface area contributed by atoms with Crippen molar-refractivity contribution in [3.8, 4) is 10.6 Å². The monoisotopic (exact) mass is 404 g/mol. The van der Waals surface area contributed by atoms with Gasteiger partial charge in [-0.1, -0.05) is 41.7 Å². The Labute approximate surface area is 173 Å². The molecule has 0 amide bonds. The van der Waals surface area contributed by atoms with Crippen molar-refractivity contribution in [1.82, 2.24) is 25.7 Å². The third-order valence-corrected chi connectivity index (χ3v) is 6.64. The van der Waals surface area contributed by atoms with Gasteiger partial charge in [0.25, 0.3) is 0 Å². The third-order valence-electron chi connectivity index (χ3n) is 5.71. The number of anilines is 1. The first-order valence-corrected chi connectivity index (χ1v) is 10.9. The molecule has 1 aliphatic heterocycles. The van der Waals surface area contributed by atoms with Crippen LogP contribution in [0.1, 0.15) is 30.0 Å². The van der Waals surface area contributed by atoms with Gasteiger partial charge < -0.3 is 10.6 Å². The normalized spacial score (nSPS) is 19.5. The van der Waals surface area contributed by atoms with E-state index in [-0.39, 0.29) is 0 Å². The number of fused-ring (bicyclic) bond motifs is 1. The van der Waals surface area contributed by atoms with Crippen LogP contribution in [0.4, 0.5) is 5.13 Å². The summed E-state index contributed by atoms with van der Waals surface area (Å²) in [5.74, 6) is 0.524. The number of H-pyrrole nitrogens is 1. The number of hydrogen-bond donors (Lipinski definition) is 3. The number of nitrogens with zero attached hydrogens (tertiary/aromatic N) is 3. The Morgan fingerprint density at radius 3 is 2.93 bits per heavy atom. The second-order valence-electron chi connectivity index (χ2n) is 7.58. The minimum absolute atomic E-state index is 0.392. The van der Waals surface area contributed by atoms with Gasteiger partial charge in [0.1, 0.15) is 5.01 Å². The van der Waals surface area contributed by atoms with Crippen LogP contribution in [0.25, 0.3) is 21.5 Å². The first-order valence-electron chi connectivity index (χ1n) is 10.1. The van der Waals surface area contributed by atoms with E-state index in [1.807, 2.05) is 6.92 Å². The molecule has 1 aliphatic rings. The lowest BCUT2D eigenvalue weighted by Crippen LogP contribution is -2.44. The van der Waals surface area contributed by atoms with Crippen molar-refractivity contribution in [3.05, 3.63) is 59.8 Å². The molecule has 0 spiro atoms. The van der Waals surface area contributed by atoms with Crippen molar-refractivity contribution < 1.29 is 0 Å². The van der Waals surface area contributed by atoms with Gasteiger partial charge in [0, 0.05) is 29.5 Å². The first-order chi connectivity index (χ1) is 14.3. The molecule has 7 heteroatoms. The van der Waals surface area contributed by atoms with Crippen molar-refractivity contribution in [1.29, 1.82) is 0 Å². The maximum Gasteiger partial charge on any atom is 0.206 e. The predicted molar refractivity (Wildman–Crippen MR) is 118 cm³/mol. The molecular formula is C22H24N6S. The maximum atomic E-state index is 4.40. The van der Waals surface area contributed by atoms with E-state index in [0.29, 0.717) is 12.0 Å². The molecule has 2 unspecified atom stereocenters. The zero-order chi connectivity index (χ0) is 19.6. The highest BCUT2D eigenvalue weighted by Gasteiger charge is 2.26. The summed E-state index contributed by atoms with van der Waals surface area (Å²) in [7, 11) is 0. The molecule has 1 fully saturated rings. The molecule has 2 aromatic heterocycles. The van der Waals surface area contributed by atoms with Gasteiger partial charge in [-0.25, -0.2) is 0 Å². The van der Waals surface area contributed by atoms with Crippen LogP contribution in [-0.4, -0.2) is 39.5 Å². The van der Waals surface area contributed by atoms with Gasteiger partial charge in [-0.3, -0.25) is 5.10 Å². The Balaban J connectivity index is 1.30. The number of rotatable bonds is 5. The highest BCUT2D eigenvalue weighted by molar-refractivity contribution is 7.18. The van der Waals surface area contributed by atoms with Gasteiger partial charge >= 0.3 is 0 Å². The van der Waals surface area contributed by atoms with Crippen LogP contribution in [-0.2, 0) is 0 Å². The van der Waals surface area contributed by atoms with Gasteiger partial charge in [-0.15, -0.1) is 10.2 Å². The molecule has 2 aromatic carbocycles. The van der Waals surface area contributed by atoms with Gasteiger partial charge in [0.15, 0.2) is 0 Å². The molecule has 3 N–H and O–H groups in total. The summed E-state index contributed by atoms with van der Waals surface area (Å²) in [6, 6.07) is 17.5. The van der Waals surface area contributed by atoms with E-state index in [1.165, 1.54) is 18.4 Å². The molecule has 0 radical (unpaired) electrons. The summed E-state index contributed by atoms with van der Waals surface area (Å²) in [5.41, 5.74) is 4.53. The summed E-state index contributed by atoms with van der Waals surface area (Å²) in [6.07, 6.45) is 2.43. The molecule has 5 rings (SSSR count). The fourth-order valence-corrected chi connectivity index (χ4v) is 4.90. The summed E-state index contributed by atoms with van der Waals surface area (Å²) in [6.45, 7) is 3.92. The van der Waals surface area contributed by atoms with Crippen LogP contribution >= 0.6 is 11.3 Å². The number of nitrogens with one attached hydrogen (secondary N) is 3. The topological polar surface area (TPSA) is 78.5 Å². The molecule has 2 atom stereocenters. The lowest BCUT2D eigenvalue weighted by molar-refractivity contribution is 0.362. The molecule has 3 heterocycles. The number of hydrogen-bond acceptors (Lipinski definition) is 6. The van der Waals surface area contributed by atoms with Gasteiger partial charge in [0.2, 0.25) is 5.13 Å². The zero-order valence-electron chi connectivity index (χ0n) is 16.4. The van der Waals surface area contributed by atoms with Crippen LogP contribution in [0, 0.1) is 6.92 Å². The second-order valence-corrected chi connectivity index (χ2v) is 8.56. The second kappa shape index (κ2) is 7.93. The number of aromatic nitrogens is 4. The van der Waals surface area contributed by atoms with Gasteiger partial charge in [0.05, 0.1) is 11.2 Å². The number of piperidine rings is 1. The largest absolute Gasteiger partial charge is 0.358 e. The third kappa shape index (κ3) is 3.75.